The Hall–Kier alpha value is -1.87. The van der Waals surface area contributed by atoms with Gasteiger partial charge in [-0.05, 0) is 44.0 Å². The van der Waals surface area contributed by atoms with Crippen molar-refractivity contribution in [3.63, 3.8) is 0 Å². The number of hydrogen-bond donors (Lipinski definition) is 1. The largest absolute Gasteiger partial charge is 0.389 e. The van der Waals surface area contributed by atoms with Gasteiger partial charge in [-0.25, -0.2) is 4.39 Å². The molecule has 104 valence electrons. The molecule has 0 saturated carbocycles. The topological polar surface area (TPSA) is 23.5 Å². The number of benzene rings is 2. The Morgan fingerprint density at radius 1 is 1.15 bits per heavy atom. The summed E-state index contributed by atoms with van der Waals surface area (Å²) in [6.07, 6.45) is 0.109. The van der Waals surface area contributed by atoms with E-state index in [0.717, 1.165) is 17.8 Å². The van der Waals surface area contributed by atoms with Crippen molar-refractivity contribution in [1.82, 2.24) is 0 Å². The lowest BCUT2D eigenvalue weighted by molar-refractivity contribution is 0.194. The van der Waals surface area contributed by atoms with Crippen LogP contribution in [0.5, 0.6) is 0 Å². The van der Waals surface area contributed by atoms with Gasteiger partial charge in [-0.2, -0.15) is 0 Å². The van der Waals surface area contributed by atoms with Gasteiger partial charge in [0.2, 0.25) is 0 Å². The molecule has 20 heavy (non-hydrogen) atoms. The van der Waals surface area contributed by atoms with Gasteiger partial charge in [0.25, 0.3) is 0 Å². The van der Waals surface area contributed by atoms with E-state index in [9.17, 15) is 9.50 Å². The predicted octanol–water partition coefficient (Wildman–Crippen LogP) is 3.96. The van der Waals surface area contributed by atoms with Crippen molar-refractivity contribution in [2.75, 3.05) is 4.90 Å². The van der Waals surface area contributed by atoms with Gasteiger partial charge < -0.3 is 10.0 Å². The van der Waals surface area contributed by atoms with Crippen LogP contribution in [0.15, 0.2) is 42.5 Å². The highest BCUT2D eigenvalue weighted by atomic mass is 19.1. The molecule has 1 heterocycles. The van der Waals surface area contributed by atoms with E-state index < -0.39 is 6.10 Å². The van der Waals surface area contributed by atoms with Crippen LogP contribution < -0.4 is 4.90 Å². The summed E-state index contributed by atoms with van der Waals surface area (Å²) in [5, 5.41) is 9.91. The molecule has 0 amide bonds. The minimum absolute atomic E-state index is 0.256. The van der Waals surface area contributed by atoms with Crippen LogP contribution in [-0.4, -0.2) is 11.1 Å². The molecule has 2 aromatic rings. The molecule has 0 aromatic heterocycles. The maximum absolute atomic E-state index is 14.1. The van der Waals surface area contributed by atoms with Crippen LogP contribution in [0.1, 0.15) is 31.1 Å². The highest BCUT2D eigenvalue weighted by molar-refractivity contribution is 5.73. The first-order valence-corrected chi connectivity index (χ1v) is 6.93. The number of halogens is 1. The molecular formula is C17H18FNO. The Morgan fingerprint density at radius 2 is 1.85 bits per heavy atom. The van der Waals surface area contributed by atoms with Gasteiger partial charge in [-0.1, -0.05) is 24.3 Å². The third-order valence-electron chi connectivity index (χ3n) is 3.91. The van der Waals surface area contributed by atoms with Gasteiger partial charge in [0.05, 0.1) is 11.8 Å². The average Bonchev–Trinajstić information content (AvgIpc) is 2.73. The van der Waals surface area contributed by atoms with Gasteiger partial charge in [0, 0.05) is 17.3 Å². The Labute approximate surface area is 118 Å². The fourth-order valence-corrected chi connectivity index (χ4v) is 3.08. The second-order valence-corrected chi connectivity index (χ2v) is 5.40. The van der Waals surface area contributed by atoms with Crippen molar-refractivity contribution in [1.29, 1.82) is 0 Å². The summed E-state index contributed by atoms with van der Waals surface area (Å²) in [7, 11) is 0. The van der Waals surface area contributed by atoms with E-state index >= 15 is 0 Å². The molecule has 0 aliphatic carbocycles. The van der Waals surface area contributed by atoms with Gasteiger partial charge in [-0.15, -0.1) is 0 Å². The molecule has 2 unspecified atom stereocenters. The fourth-order valence-electron chi connectivity index (χ4n) is 3.08. The number of aliphatic hydroxyl groups excluding tert-OH is 1. The van der Waals surface area contributed by atoms with E-state index in [0.29, 0.717) is 5.56 Å². The monoisotopic (exact) mass is 271 g/mol. The summed E-state index contributed by atoms with van der Waals surface area (Å²) in [6, 6.07) is 13.4. The summed E-state index contributed by atoms with van der Waals surface area (Å²) in [4.78, 5) is 2.13. The molecule has 0 spiro atoms. The number of fused-ring (bicyclic) bond motifs is 1. The molecule has 1 N–H and O–H groups in total. The normalized spacial score (nSPS) is 19.0. The van der Waals surface area contributed by atoms with E-state index in [1.54, 1.807) is 13.0 Å². The molecule has 0 radical (unpaired) electrons. The molecular weight excluding hydrogens is 253 g/mol. The van der Waals surface area contributed by atoms with E-state index in [2.05, 4.69) is 24.0 Å². The van der Waals surface area contributed by atoms with Crippen molar-refractivity contribution in [3.8, 4) is 0 Å². The van der Waals surface area contributed by atoms with Crippen LogP contribution in [0.25, 0.3) is 0 Å². The Morgan fingerprint density at radius 3 is 2.60 bits per heavy atom. The minimum Gasteiger partial charge on any atom is -0.389 e. The first-order chi connectivity index (χ1) is 9.59. The van der Waals surface area contributed by atoms with Gasteiger partial charge in [0.1, 0.15) is 5.82 Å². The highest BCUT2D eigenvalue weighted by Crippen LogP contribution is 2.41. The molecule has 2 nitrogen and oxygen atoms in total. The fraction of sp³-hybridized carbons (Fsp3) is 0.294. The summed E-state index contributed by atoms with van der Waals surface area (Å²) < 4.78 is 14.1. The maximum Gasteiger partial charge on any atom is 0.131 e. The lowest BCUT2D eigenvalue weighted by Gasteiger charge is -2.28. The SMILES string of the molecule is CC(O)c1c(F)cccc1N1c2ccccc2CC1C. The van der Waals surface area contributed by atoms with E-state index in [4.69, 9.17) is 0 Å². The zero-order valence-electron chi connectivity index (χ0n) is 11.7. The zero-order valence-corrected chi connectivity index (χ0v) is 11.7. The summed E-state index contributed by atoms with van der Waals surface area (Å²) in [6.45, 7) is 3.73. The molecule has 1 aliphatic heterocycles. The molecule has 0 fully saturated rings. The minimum atomic E-state index is -0.828. The van der Waals surface area contributed by atoms with Crippen LogP contribution in [0.2, 0.25) is 0 Å². The van der Waals surface area contributed by atoms with E-state index in [-0.39, 0.29) is 11.9 Å². The predicted molar refractivity (Wildman–Crippen MR) is 78.8 cm³/mol. The second kappa shape index (κ2) is 4.91. The second-order valence-electron chi connectivity index (χ2n) is 5.40. The molecule has 0 saturated heterocycles. The third kappa shape index (κ3) is 1.98. The Kier molecular flexibility index (Phi) is 3.22. The van der Waals surface area contributed by atoms with Gasteiger partial charge >= 0.3 is 0 Å². The Bertz CT molecular complexity index is 639. The quantitative estimate of drug-likeness (QED) is 0.893. The Balaban J connectivity index is 2.17. The van der Waals surface area contributed by atoms with Crippen molar-refractivity contribution in [2.24, 2.45) is 0 Å². The number of aliphatic hydroxyl groups is 1. The average molecular weight is 271 g/mol. The standard InChI is InChI=1S/C17H18FNO/c1-11-10-13-6-3-4-8-15(13)19(11)16-9-5-7-14(18)17(16)12(2)20/h3-9,11-12,20H,10H2,1-2H3. The summed E-state index contributed by atoms with van der Waals surface area (Å²) in [5.74, 6) is -0.353. The van der Waals surface area contributed by atoms with Crippen molar-refractivity contribution in [3.05, 3.63) is 59.4 Å². The first kappa shape index (κ1) is 13.1. The lowest BCUT2D eigenvalue weighted by atomic mass is 10.1. The van der Waals surface area contributed by atoms with Crippen molar-refractivity contribution >= 4 is 11.4 Å². The van der Waals surface area contributed by atoms with Gasteiger partial charge in [-0.3, -0.25) is 0 Å². The number of rotatable bonds is 2. The van der Waals surface area contributed by atoms with Crippen molar-refractivity contribution in [2.45, 2.75) is 32.4 Å². The number of para-hydroxylation sites is 1. The van der Waals surface area contributed by atoms with Crippen molar-refractivity contribution < 1.29 is 9.50 Å². The number of hydrogen-bond acceptors (Lipinski definition) is 2. The number of nitrogens with zero attached hydrogens (tertiary/aromatic N) is 1. The summed E-state index contributed by atoms with van der Waals surface area (Å²) >= 11 is 0. The summed E-state index contributed by atoms with van der Waals surface area (Å²) in [5.41, 5.74) is 3.50. The van der Waals surface area contributed by atoms with Crippen LogP contribution in [0.3, 0.4) is 0 Å². The van der Waals surface area contributed by atoms with E-state index in [1.807, 2.05) is 18.2 Å². The maximum atomic E-state index is 14.1. The molecule has 2 atom stereocenters. The van der Waals surface area contributed by atoms with Crippen LogP contribution in [0.4, 0.5) is 15.8 Å². The van der Waals surface area contributed by atoms with Gasteiger partial charge in [0.15, 0.2) is 0 Å². The lowest BCUT2D eigenvalue weighted by Crippen LogP contribution is -2.25. The van der Waals surface area contributed by atoms with Crippen LogP contribution in [0, 0.1) is 5.82 Å². The first-order valence-electron chi connectivity index (χ1n) is 6.93. The van der Waals surface area contributed by atoms with E-state index in [1.165, 1.54) is 11.6 Å². The number of anilines is 2. The molecule has 3 rings (SSSR count). The molecule has 0 bridgehead atoms. The molecule has 2 aromatic carbocycles. The zero-order chi connectivity index (χ0) is 14.3. The molecule has 3 heteroatoms. The highest BCUT2D eigenvalue weighted by Gasteiger charge is 2.29. The molecule has 1 aliphatic rings. The van der Waals surface area contributed by atoms with Crippen LogP contribution >= 0.6 is 0 Å². The van der Waals surface area contributed by atoms with Crippen LogP contribution in [-0.2, 0) is 6.42 Å². The third-order valence-corrected chi connectivity index (χ3v) is 3.91. The smallest absolute Gasteiger partial charge is 0.131 e.